The number of benzene rings is 2. The van der Waals surface area contributed by atoms with E-state index in [0.29, 0.717) is 6.42 Å². The van der Waals surface area contributed by atoms with Crippen molar-refractivity contribution in [1.29, 1.82) is 0 Å². The van der Waals surface area contributed by atoms with Gasteiger partial charge in [0, 0.05) is 23.8 Å². The standard InChI is InChI=1S/C20H23NOS2/c1-2-3-14-21-20(23)24-19(17-12-8-5-9-13-17)15-18(22)16-10-6-4-7-11-16/h4-13,19H,2-3,14-15H2,1H3,(H,21,23). The second-order valence-corrected chi connectivity index (χ2v) is 7.46. The van der Waals surface area contributed by atoms with Gasteiger partial charge in [-0.2, -0.15) is 0 Å². The number of thioether (sulfide) groups is 1. The first-order chi connectivity index (χ1) is 11.7. The Morgan fingerprint density at radius 3 is 2.33 bits per heavy atom. The van der Waals surface area contributed by atoms with Crippen molar-refractivity contribution < 1.29 is 4.79 Å². The van der Waals surface area contributed by atoms with Gasteiger partial charge in [0.2, 0.25) is 0 Å². The fourth-order valence-electron chi connectivity index (χ4n) is 2.34. The molecule has 0 saturated carbocycles. The second-order valence-electron chi connectivity index (χ2n) is 5.58. The third-order valence-electron chi connectivity index (χ3n) is 3.69. The van der Waals surface area contributed by atoms with Crippen molar-refractivity contribution in [1.82, 2.24) is 5.32 Å². The smallest absolute Gasteiger partial charge is 0.164 e. The minimum Gasteiger partial charge on any atom is -0.371 e. The first kappa shape index (κ1) is 18.7. The van der Waals surface area contributed by atoms with E-state index < -0.39 is 0 Å². The lowest BCUT2D eigenvalue weighted by Crippen LogP contribution is -2.21. The van der Waals surface area contributed by atoms with Gasteiger partial charge in [-0.15, -0.1) is 0 Å². The summed E-state index contributed by atoms with van der Waals surface area (Å²) in [4.78, 5) is 12.6. The Hall–Kier alpha value is -1.65. The molecule has 0 aliphatic rings. The molecule has 2 aromatic carbocycles. The van der Waals surface area contributed by atoms with Crippen LogP contribution in [0.2, 0.25) is 0 Å². The van der Waals surface area contributed by atoms with Gasteiger partial charge in [-0.05, 0) is 12.0 Å². The average molecular weight is 358 g/mol. The van der Waals surface area contributed by atoms with Crippen LogP contribution in [0.4, 0.5) is 0 Å². The van der Waals surface area contributed by atoms with E-state index in [0.717, 1.165) is 34.8 Å². The maximum Gasteiger partial charge on any atom is 0.164 e. The van der Waals surface area contributed by atoms with Crippen LogP contribution in [0.3, 0.4) is 0 Å². The fraction of sp³-hybridized carbons (Fsp3) is 0.300. The minimum atomic E-state index is 0.0283. The van der Waals surface area contributed by atoms with Crippen LogP contribution >= 0.6 is 24.0 Å². The summed E-state index contributed by atoms with van der Waals surface area (Å²) in [5.74, 6) is 0.147. The lowest BCUT2D eigenvalue weighted by Gasteiger charge is -2.17. The van der Waals surface area contributed by atoms with Gasteiger partial charge in [0.25, 0.3) is 0 Å². The minimum absolute atomic E-state index is 0.0283. The maximum atomic E-state index is 12.6. The van der Waals surface area contributed by atoms with E-state index in [1.165, 1.54) is 0 Å². The Morgan fingerprint density at radius 2 is 1.71 bits per heavy atom. The third kappa shape index (κ3) is 6.10. The molecule has 4 heteroatoms. The Labute approximate surface area is 154 Å². The molecule has 0 saturated heterocycles. The SMILES string of the molecule is CCCCNC(=S)SC(CC(=O)c1ccccc1)c1ccccc1. The van der Waals surface area contributed by atoms with Crippen LogP contribution in [-0.2, 0) is 0 Å². The summed E-state index contributed by atoms with van der Waals surface area (Å²) in [5, 5.41) is 3.31. The molecule has 24 heavy (non-hydrogen) atoms. The lowest BCUT2D eigenvalue weighted by molar-refractivity contribution is 0.0982. The number of nitrogens with one attached hydrogen (secondary N) is 1. The molecule has 0 fully saturated rings. The molecule has 126 valence electrons. The Balaban J connectivity index is 2.06. The molecule has 0 amide bonds. The molecule has 0 spiro atoms. The van der Waals surface area contributed by atoms with Crippen molar-refractivity contribution in [3.8, 4) is 0 Å². The normalized spacial score (nSPS) is 11.7. The molecular weight excluding hydrogens is 334 g/mol. The first-order valence-electron chi connectivity index (χ1n) is 8.28. The predicted octanol–water partition coefficient (Wildman–Crippen LogP) is 5.41. The summed E-state index contributed by atoms with van der Waals surface area (Å²) in [6, 6.07) is 19.6. The van der Waals surface area contributed by atoms with Gasteiger partial charge in [-0.1, -0.05) is 98.0 Å². The summed E-state index contributed by atoms with van der Waals surface area (Å²) in [6.07, 6.45) is 2.67. The van der Waals surface area contributed by atoms with Gasteiger partial charge in [0.15, 0.2) is 5.78 Å². The molecule has 2 aromatic rings. The number of Topliss-reactive ketones (excluding diaryl/α,β-unsaturated/α-hetero) is 1. The van der Waals surface area contributed by atoms with E-state index in [4.69, 9.17) is 12.2 Å². The molecule has 0 aromatic heterocycles. The summed E-state index contributed by atoms with van der Waals surface area (Å²) >= 11 is 7.02. The van der Waals surface area contributed by atoms with E-state index in [-0.39, 0.29) is 11.0 Å². The third-order valence-corrected chi connectivity index (χ3v) is 5.20. The number of carbonyl (C=O) groups excluding carboxylic acids is 1. The van der Waals surface area contributed by atoms with Crippen molar-refractivity contribution in [2.75, 3.05) is 6.54 Å². The van der Waals surface area contributed by atoms with Crippen LogP contribution in [0.5, 0.6) is 0 Å². The van der Waals surface area contributed by atoms with Crippen molar-refractivity contribution in [3.05, 3.63) is 71.8 Å². The zero-order chi connectivity index (χ0) is 17.2. The summed E-state index contributed by atoms with van der Waals surface area (Å²) < 4.78 is 0.762. The molecule has 0 aliphatic heterocycles. The fourth-order valence-corrected chi connectivity index (χ4v) is 3.77. The van der Waals surface area contributed by atoms with Crippen LogP contribution < -0.4 is 5.32 Å². The van der Waals surface area contributed by atoms with E-state index in [9.17, 15) is 4.79 Å². The number of unbranched alkanes of at least 4 members (excludes halogenated alkanes) is 1. The largest absolute Gasteiger partial charge is 0.371 e. The van der Waals surface area contributed by atoms with Gasteiger partial charge in [-0.25, -0.2) is 0 Å². The molecular formula is C20H23NOS2. The van der Waals surface area contributed by atoms with Crippen molar-refractivity contribution in [3.63, 3.8) is 0 Å². The predicted molar refractivity (Wildman–Crippen MR) is 108 cm³/mol. The molecule has 2 nitrogen and oxygen atoms in total. The molecule has 1 unspecified atom stereocenters. The molecule has 0 bridgehead atoms. The maximum absolute atomic E-state index is 12.6. The van der Waals surface area contributed by atoms with Crippen LogP contribution in [-0.4, -0.2) is 16.6 Å². The van der Waals surface area contributed by atoms with Crippen molar-refractivity contribution >= 4 is 34.1 Å². The Morgan fingerprint density at radius 1 is 1.08 bits per heavy atom. The number of ketones is 1. The second kappa shape index (κ2) is 10.3. The van der Waals surface area contributed by atoms with Gasteiger partial charge in [-0.3, -0.25) is 4.79 Å². The highest BCUT2D eigenvalue weighted by atomic mass is 32.2. The number of thiocarbonyl (C=S) groups is 1. The molecule has 2 rings (SSSR count). The van der Waals surface area contributed by atoms with Crippen molar-refractivity contribution in [2.24, 2.45) is 0 Å². The van der Waals surface area contributed by atoms with Gasteiger partial charge >= 0.3 is 0 Å². The van der Waals surface area contributed by atoms with Crippen molar-refractivity contribution in [2.45, 2.75) is 31.4 Å². The molecule has 0 heterocycles. The summed E-state index contributed by atoms with van der Waals surface area (Å²) in [6.45, 7) is 3.04. The van der Waals surface area contributed by atoms with Crippen LogP contribution in [0.25, 0.3) is 0 Å². The molecule has 0 radical (unpaired) electrons. The topological polar surface area (TPSA) is 29.1 Å². The van der Waals surface area contributed by atoms with E-state index in [1.54, 1.807) is 11.8 Å². The summed E-state index contributed by atoms with van der Waals surface area (Å²) in [5.41, 5.74) is 1.88. The van der Waals surface area contributed by atoms with Gasteiger partial charge < -0.3 is 5.32 Å². The first-order valence-corrected chi connectivity index (χ1v) is 9.57. The van der Waals surface area contributed by atoms with Gasteiger partial charge in [0.05, 0.1) is 0 Å². The van der Waals surface area contributed by atoms with Crippen LogP contribution in [0.1, 0.15) is 47.4 Å². The number of hydrogen-bond acceptors (Lipinski definition) is 3. The van der Waals surface area contributed by atoms with Crippen LogP contribution in [0, 0.1) is 0 Å². The highest BCUT2D eigenvalue weighted by Crippen LogP contribution is 2.33. The Bertz CT molecular complexity index is 643. The average Bonchev–Trinajstić information content (AvgIpc) is 2.63. The Kier molecular flexibility index (Phi) is 7.99. The highest BCUT2D eigenvalue weighted by Gasteiger charge is 2.19. The molecule has 1 N–H and O–H groups in total. The quantitative estimate of drug-likeness (QED) is 0.389. The highest BCUT2D eigenvalue weighted by molar-refractivity contribution is 8.23. The van der Waals surface area contributed by atoms with E-state index in [2.05, 4.69) is 24.4 Å². The monoisotopic (exact) mass is 357 g/mol. The number of carbonyl (C=O) groups is 1. The lowest BCUT2D eigenvalue weighted by atomic mass is 10.0. The number of rotatable bonds is 8. The summed E-state index contributed by atoms with van der Waals surface area (Å²) in [7, 11) is 0. The molecule has 0 aliphatic carbocycles. The van der Waals surface area contributed by atoms with E-state index >= 15 is 0 Å². The zero-order valence-electron chi connectivity index (χ0n) is 13.9. The molecule has 1 atom stereocenters. The van der Waals surface area contributed by atoms with Crippen LogP contribution in [0.15, 0.2) is 60.7 Å². The van der Waals surface area contributed by atoms with E-state index in [1.807, 2.05) is 48.5 Å². The zero-order valence-corrected chi connectivity index (χ0v) is 15.5. The number of hydrogen-bond donors (Lipinski definition) is 1. The van der Waals surface area contributed by atoms with Gasteiger partial charge in [0.1, 0.15) is 4.32 Å².